The molecule has 0 radical (unpaired) electrons. The number of benzene rings is 2. The molecule has 7 heteroatoms. The van der Waals surface area contributed by atoms with Gasteiger partial charge in [-0.15, -0.1) is 0 Å². The first-order valence-corrected chi connectivity index (χ1v) is 18.3. The Morgan fingerprint density at radius 1 is 0.761 bits per heavy atom. The molecule has 2 heterocycles. The van der Waals surface area contributed by atoms with Gasteiger partial charge < -0.3 is 31.4 Å². The average molecular weight is 706 g/mol. The summed E-state index contributed by atoms with van der Waals surface area (Å²) in [6.45, 7) is 9.94. The number of morpholine rings is 1. The molecule has 4 rings (SSSR count). The lowest BCUT2D eigenvalue weighted by Gasteiger charge is -2.32. The van der Waals surface area contributed by atoms with Gasteiger partial charge in [-0.1, -0.05) is 97.3 Å². The normalized spacial score (nSPS) is 14.7. The van der Waals surface area contributed by atoms with E-state index >= 15 is 0 Å². The third-order valence-corrected chi connectivity index (χ3v) is 9.53. The molecule has 258 valence electrons. The van der Waals surface area contributed by atoms with Gasteiger partial charge >= 0.3 is 0 Å². The first-order valence-electron chi connectivity index (χ1n) is 18.3. The Hall–Kier alpha value is -1.99. The fourth-order valence-electron chi connectivity index (χ4n) is 6.89. The Morgan fingerprint density at radius 2 is 1.39 bits per heavy atom. The second-order valence-electron chi connectivity index (χ2n) is 13.1. The fraction of sp³-hybridized carbons (Fsp3) is 0.667. The first-order chi connectivity index (χ1) is 22.1. The predicted octanol–water partition coefficient (Wildman–Crippen LogP) is 7.02. The van der Waals surface area contributed by atoms with Crippen LogP contribution in [0.15, 0.2) is 30.3 Å². The van der Waals surface area contributed by atoms with E-state index in [9.17, 15) is 8.78 Å². The maximum Gasteiger partial charge on any atom is 0.184 e. The lowest BCUT2D eigenvalue weighted by molar-refractivity contribution is -0.545. The van der Waals surface area contributed by atoms with Crippen LogP contribution in [0.25, 0.3) is 0 Å². The van der Waals surface area contributed by atoms with Crippen molar-refractivity contribution in [1.82, 2.24) is 0 Å². The highest BCUT2D eigenvalue weighted by Gasteiger charge is 2.31. The molecule has 0 atom stereocenters. The monoisotopic (exact) mass is 704 g/mol. The Balaban J connectivity index is 0.00000576. The molecule has 2 aliphatic heterocycles. The Kier molecular flexibility index (Phi) is 18.2. The summed E-state index contributed by atoms with van der Waals surface area (Å²) in [6, 6.07) is 8.90. The molecule has 0 aliphatic carbocycles. The van der Waals surface area contributed by atoms with Gasteiger partial charge in [0.2, 0.25) is 0 Å². The van der Waals surface area contributed by atoms with Gasteiger partial charge in [0, 0.05) is 42.6 Å². The van der Waals surface area contributed by atoms with Gasteiger partial charge in [-0.25, -0.2) is 13.4 Å². The number of fused-ring (bicyclic) bond motifs is 1. The summed E-state index contributed by atoms with van der Waals surface area (Å²) < 4.78 is 42.7. The molecule has 0 unspecified atom stereocenters. The van der Waals surface area contributed by atoms with Crippen LogP contribution in [-0.2, 0) is 17.7 Å². The summed E-state index contributed by atoms with van der Waals surface area (Å²) in [5.41, 5.74) is 5.92. The van der Waals surface area contributed by atoms with E-state index in [2.05, 4.69) is 35.5 Å². The predicted molar refractivity (Wildman–Crippen MR) is 183 cm³/mol. The smallest absolute Gasteiger partial charge is 0.184 e. The maximum atomic E-state index is 14.2. The Labute approximate surface area is 288 Å². The molecule has 1 fully saturated rings. The van der Waals surface area contributed by atoms with E-state index in [-0.39, 0.29) is 17.0 Å². The second kappa shape index (κ2) is 21.8. The van der Waals surface area contributed by atoms with E-state index in [0.29, 0.717) is 6.54 Å². The van der Waals surface area contributed by atoms with Gasteiger partial charge in [0.05, 0.1) is 25.5 Å². The fourth-order valence-corrected chi connectivity index (χ4v) is 6.89. The van der Waals surface area contributed by atoms with E-state index in [1.54, 1.807) is 6.07 Å². The zero-order valence-electron chi connectivity index (χ0n) is 28.7. The number of rotatable bonds is 21. The van der Waals surface area contributed by atoms with E-state index in [0.717, 1.165) is 76.5 Å². The Bertz CT molecular complexity index is 1200. The molecule has 0 amide bonds. The van der Waals surface area contributed by atoms with Gasteiger partial charge in [-0.2, -0.15) is 0 Å². The molecular formula is C39H59BrF2N2O2. The average Bonchev–Trinajstić information content (AvgIpc) is 3.06. The molecule has 4 nitrogen and oxygen atoms in total. The number of nitrogens with zero attached hydrogens (tertiary/aromatic N) is 2. The molecule has 0 bridgehead atoms. The lowest BCUT2D eigenvalue weighted by atomic mass is 9.91. The van der Waals surface area contributed by atoms with Crippen LogP contribution in [0.1, 0.15) is 133 Å². The molecular weight excluding hydrogens is 646 g/mol. The summed E-state index contributed by atoms with van der Waals surface area (Å²) in [5.74, 6) is -0.504. The molecule has 0 spiro atoms. The van der Waals surface area contributed by atoms with Gasteiger partial charge in [0.1, 0.15) is 12.3 Å². The zero-order valence-corrected chi connectivity index (χ0v) is 30.3. The van der Waals surface area contributed by atoms with Crippen LogP contribution in [0.4, 0.5) is 14.5 Å². The van der Waals surface area contributed by atoms with Crippen LogP contribution in [0.3, 0.4) is 0 Å². The summed E-state index contributed by atoms with van der Waals surface area (Å²) in [4.78, 5) is 2.42. The molecule has 2 aliphatic rings. The van der Waals surface area contributed by atoms with Crippen molar-refractivity contribution in [1.29, 1.82) is 0 Å². The summed E-state index contributed by atoms with van der Waals surface area (Å²) in [7, 11) is 0. The lowest BCUT2D eigenvalue weighted by Crippen LogP contribution is -3.00. The van der Waals surface area contributed by atoms with Crippen molar-refractivity contribution in [3.8, 4) is 5.75 Å². The van der Waals surface area contributed by atoms with Crippen molar-refractivity contribution in [2.75, 3.05) is 44.4 Å². The van der Waals surface area contributed by atoms with Crippen LogP contribution in [0.5, 0.6) is 5.75 Å². The van der Waals surface area contributed by atoms with Crippen molar-refractivity contribution in [2.24, 2.45) is 0 Å². The summed E-state index contributed by atoms with van der Waals surface area (Å²) in [6.07, 6.45) is 21.0. The standard InChI is InChI=1S/C39H59F2N2O2.BrH/c1-3-5-7-9-11-12-13-14-16-18-37-33-20-22-38(42-25-28-44-29-26-42)39(45-27-17-15-10-8-6-4-2)34(33)23-24-43(37)31-32-19-21-35(40)36(41)30-32;/h19-22,30H,3-18,23-29,31H2,1-2H3;1H/q+1;/p-1. The van der Waals surface area contributed by atoms with Gasteiger partial charge in [0.25, 0.3) is 0 Å². The highest BCUT2D eigenvalue weighted by Crippen LogP contribution is 2.38. The minimum atomic E-state index is -0.788. The quantitative estimate of drug-likeness (QED) is 0.103. The first kappa shape index (κ1) is 38.5. The minimum absolute atomic E-state index is 0. The van der Waals surface area contributed by atoms with Crippen molar-refractivity contribution in [2.45, 2.75) is 130 Å². The van der Waals surface area contributed by atoms with Gasteiger partial charge in [-0.3, -0.25) is 0 Å². The van der Waals surface area contributed by atoms with E-state index in [1.165, 1.54) is 118 Å². The number of hydrogen-bond donors (Lipinski definition) is 0. The topological polar surface area (TPSA) is 24.7 Å². The molecule has 0 aromatic heterocycles. The SMILES string of the molecule is CCCCCCCCCCCC1=[N+](Cc2ccc(F)c(F)c2)CCc2c1ccc(N1CCOCC1)c2OCCCCCCCC.[Br-]. The molecule has 2 aromatic rings. The van der Waals surface area contributed by atoms with E-state index < -0.39 is 11.6 Å². The number of anilines is 1. The minimum Gasteiger partial charge on any atom is -1.00 e. The van der Waals surface area contributed by atoms with Crippen LogP contribution in [0, 0.1) is 11.6 Å². The van der Waals surface area contributed by atoms with Crippen LogP contribution in [0.2, 0.25) is 0 Å². The molecule has 0 saturated carbocycles. The highest BCUT2D eigenvalue weighted by atomic mass is 79.9. The number of halogens is 3. The molecule has 1 saturated heterocycles. The van der Waals surface area contributed by atoms with Gasteiger partial charge in [-0.05, 0) is 43.2 Å². The number of unbranched alkanes of at least 4 members (excludes halogenated alkanes) is 13. The summed E-state index contributed by atoms with van der Waals surface area (Å²) in [5, 5.41) is 0. The molecule has 46 heavy (non-hydrogen) atoms. The van der Waals surface area contributed by atoms with Gasteiger partial charge in [0.15, 0.2) is 23.9 Å². The van der Waals surface area contributed by atoms with Crippen LogP contribution >= 0.6 is 0 Å². The molecule has 0 N–H and O–H groups in total. The van der Waals surface area contributed by atoms with E-state index in [1.807, 2.05) is 0 Å². The van der Waals surface area contributed by atoms with E-state index in [4.69, 9.17) is 9.47 Å². The van der Waals surface area contributed by atoms with Crippen molar-refractivity contribution in [3.05, 3.63) is 58.7 Å². The molecule has 2 aromatic carbocycles. The van der Waals surface area contributed by atoms with Crippen LogP contribution < -0.4 is 26.6 Å². The van der Waals surface area contributed by atoms with Crippen molar-refractivity contribution < 1.29 is 39.8 Å². The Morgan fingerprint density at radius 3 is 2.04 bits per heavy atom. The van der Waals surface area contributed by atoms with Crippen molar-refractivity contribution in [3.63, 3.8) is 0 Å². The third-order valence-electron chi connectivity index (χ3n) is 9.53. The second-order valence-corrected chi connectivity index (χ2v) is 13.1. The van der Waals surface area contributed by atoms with Crippen LogP contribution in [-0.4, -0.2) is 49.7 Å². The zero-order chi connectivity index (χ0) is 31.7. The number of ether oxygens (including phenoxy) is 2. The maximum absolute atomic E-state index is 14.2. The highest BCUT2D eigenvalue weighted by molar-refractivity contribution is 6.00. The largest absolute Gasteiger partial charge is 1.00 e. The van der Waals surface area contributed by atoms with Crippen molar-refractivity contribution >= 4 is 11.4 Å². The third kappa shape index (κ3) is 11.9. The number of hydrogen-bond acceptors (Lipinski definition) is 3. The summed E-state index contributed by atoms with van der Waals surface area (Å²) >= 11 is 0.